The highest BCUT2D eigenvalue weighted by Crippen LogP contribution is 2.47. The maximum atomic E-state index is 12.0. The lowest BCUT2D eigenvalue weighted by molar-refractivity contribution is -0.120. The third kappa shape index (κ3) is 1.03. The van der Waals surface area contributed by atoms with Crippen LogP contribution in [-0.2, 0) is 10.2 Å². The Kier molecular flexibility index (Phi) is 1.78. The maximum Gasteiger partial charge on any atom is 0.236 e. The number of hydrogen-bond acceptors (Lipinski definition) is 3. The van der Waals surface area contributed by atoms with E-state index in [9.17, 15) is 4.79 Å². The summed E-state index contributed by atoms with van der Waals surface area (Å²) < 4.78 is 0. The largest absolute Gasteiger partial charge is 0.324 e. The molecule has 1 amide bonds. The van der Waals surface area contributed by atoms with Crippen LogP contribution in [0.15, 0.2) is 12.1 Å². The SMILES string of the molecule is N#Cc1ccc2c(n1)C1(CCCC1)C(=O)N2. The number of carbonyl (C=O) groups excluding carboxylic acids is 1. The lowest BCUT2D eigenvalue weighted by Gasteiger charge is -2.18. The quantitative estimate of drug-likeness (QED) is 0.713. The van der Waals surface area contributed by atoms with Gasteiger partial charge in [-0.2, -0.15) is 5.26 Å². The molecule has 1 saturated carbocycles. The zero-order valence-corrected chi connectivity index (χ0v) is 8.79. The Hall–Kier alpha value is -1.89. The van der Waals surface area contributed by atoms with Gasteiger partial charge in [-0.1, -0.05) is 12.8 Å². The van der Waals surface area contributed by atoms with Crippen LogP contribution in [0.25, 0.3) is 0 Å². The van der Waals surface area contributed by atoms with Crippen molar-refractivity contribution in [1.29, 1.82) is 5.26 Å². The normalized spacial score (nSPS) is 20.6. The van der Waals surface area contributed by atoms with Gasteiger partial charge in [-0.25, -0.2) is 4.98 Å². The van der Waals surface area contributed by atoms with Gasteiger partial charge in [0.1, 0.15) is 11.8 Å². The van der Waals surface area contributed by atoms with E-state index in [1.165, 1.54) is 0 Å². The number of nitrogens with zero attached hydrogens (tertiary/aromatic N) is 2. The number of nitrogens with one attached hydrogen (secondary N) is 1. The lowest BCUT2D eigenvalue weighted by atomic mass is 9.83. The molecule has 3 rings (SSSR count). The van der Waals surface area contributed by atoms with E-state index in [-0.39, 0.29) is 5.91 Å². The highest BCUT2D eigenvalue weighted by atomic mass is 16.2. The first-order chi connectivity index (χ1) is 7.76. The van der Waals surface area contributed by atoms with Crippen LogP contribution < -0.4 is 5.32 Å². The summed E-state index contributed by atoms with van der Waals surface area (Å²) >= 11 is 0. The summed E-state index contributed by atoms with van der Waals surface area (Å²) in [4.78, 5) is 16.3. The summed E-state index contributed by atoms with van der Waals surface area (Å²) in [5.74, 6) is 0.0580. The molecule has 2 aliphatic rings. The van der Waals surface area contributed by atoms with E-state index in [0.717, 1.165) is 37.1 Å². The van der Waals surface area contributed by atoms with Crippen molar-refractivity contribution in [3.63, 3.8) is 0 Å². The second-order valence-corrected chi connectivity index (χ2v) is 4.45. The molecule has 1 aromatic heterocycles. The third-order valence-corrected chi connectivity index (χ3v) is 3.60. The number of hydrogen-bond donors (Lipinski definition) is 1. The standard InChI is InChI=1S/C12H11N3O/c13-7-8-3-4-9-10(14-8)12(11(16)15-9)5-1-2-6-12/h3-4H,1-2,5-6H2,(H,15,16). The smallest absolute Gasteiger partial charge is 0.236 e. The van der Waals surface area contributed by atoms with Crippen molar-refractivity contribution in [1.82, 2.24) is 4.98 Å². The van der Waals surface area contributed by atoms with Gasteiger partial charge in [0.2, 0.25) is 5.91 Å². The fourth-order valence-electron chi connectivity index (χ4n) is 2.78. The topological polar surface area (TPSA) is 65.8 Å². The predicted octanol–water partition coefficient (Wildman–Crippen LogP) is 1.72. The van der Waals surface area contributed by atoms with Crippen LogP contribution in [0.4, 0.5) is 5.69 Å². The molecule has 2 heterocycles. The number of carbonyl (C=O) groups is 1. The summed E-state index contributed by atoms with van der Waals surface area (Å²) in [5, 5.41) is 11.7. The van der Waals surface area contributed by atoms with Crippen LogP contribution in [0.2, 0.25) is 0 Å². The highest BCUT2D eigenvalue weighted by Gasteiger charge is 2.49. The van der Waals surface area contributed by atoms with Crippen LogP contribution in [0.3, 0.4) is 0 Å². The molecule has 4 heteroatoms. The Morgan fingerprint density at radius 3 is 2.81 bits per heavy atom. The first-order valence-electron chi connectivity index (χ1n) is 5.49. The Labute approximate surface area is 93.3 Å². The molecule has 0 atom stereocenters. The number of amides is 1. The maximum absolute atomic E-state index is 12.0. The van der Waals surface area contributed by atoms with Crippen molar-refractivity contribution < 1.29 is 4.79 Å². The van der Waals surface area contributed by atoms with Gasteiger partial charge in [0.25, 0.3) is 0 Å². The number of anilines is 1. The lowest BCUT2D eigenvalue weighted by Crippen LogP contribution is -2.31. The van der Waals surface area contributed by atoms with Gasteiger partial charge in [-0.15, -0.1) is 0 Å². The minimum absolute atomic E-state index is 0.0580. The van der Waals surface area contributed by atoms with Crippen LogP contribution >= 0.6 is 0 Å². The summed E-state index contributed by atoms with van der Waals surface area (Å²) in [6, 6.07) is 5.46. The van der Waals surface area contributed by atoms with Gasteiger partial charge in [-0.05, 0) is 25.0 Å². The third-order valence-electron chi connectivity index (χ3n) is 3.60. The van der Waals surface area contributed by atoms with Crippen LogP contribution in [-0.4, -0.2) is 10.9 Å². The van der Waals surface area contributed by atoms with Crippen molar-refractivity contribution in [2.24, 2.45) is 0 Å². The van der Waals surface area contributed by atoms with Gasteiger partial charge in [0, 0.05) is 0 Å². The van der Waals surface area contributed by atoms with Crippen molar-refractivity contribution in [3.05, 3.63) is 23.5 Å². The second kappa shape index (κ2) is 3.05. The number of fused-ring (bicyclic) bond motifs is 2. The molecular formula is C12H11N3O. The summed E-state index contributed by atoms with van der Waals surface area (Å²) in [6.07, 6.45) is 3.83. The fraction of sp³-hybridized carbons (Fsp3) is 0.417. The van der Waals surface area contributed by atoms with Crippen LogP contribution in [0.5, 0.6) is 0 Å². The van der Waals surface area contributed by atoms with E-state index in [2.05, 4.69) is 10.3 Å². The minimum atomic E-state index is -0.442. The van der Waals surface area contributed by atoms with E-state index in [0.29, 0.717) is 5.69 Å². The molecule has 0 bridgehead atoms. The summed E-state index contributed by atoms with van der Waals surface area (Å²) in [7, 11) is 0. The van der Waals surface area contributed by atoms with Crippen molar-refractivity contribution >= 4 is 11.6 Å². The first-order valence-corrected chi connectivity index (χ1v) is 5.49. The van der Waals surface area contributed by atoms with Crippen LogP contribution in [0, 0.1) is 11.3 Å². The van der Waals surface area contributed by atoms with Gasteiger partial charge in [-0.3, -0.25) is 4.79 Å². The molecule has 1 spiro atoms. The summed E-state index contributed by atoms with van der Waals surface area (Å²) in [5.41, 5.74) is 1.52. The van der Waals surface area contributed by atoms with Crippen molar-refractivity contribution in [2.45, 2.75) is 31.1 Å². The molecule has 0 radical (unpaired) electrons. The fourth-order valence-corrected chi connectivity index (χ4v) is 2.78. The second-order valence-electron chi connectivity index (χ2n) is 4.45. The molecular weight excluding hydrogens is 202 g/mol. The Balaban J connectivity index is 2.19. The molecule has 1 N–H and O–H groups in total. The summed E-state index contributed by atoms with van der Waals surface area (Å²) in [6.45, 7) is 0. The van der Waals surface area contributed by atoms with E-state index >= 15 is 0 Å². The van der Waals surface area contributed by atoms with Crippen molar-refractivity contribution in [3.8, 4) is 6.07 Å². The monoisotopic (exact) mass is 213 g/mol. The minimum Gasteiger partial charge on any atom is -0.324 e. The van der Waals surface area contributed by atoms with E-state index in [4.69, 9.17) is 5.26 Å². The number of aromatic nitrogens is 1. The molecule has 0 unspecified atom stereocenters. The zero-order chi connectivity index (χ0) is 11.2. The average molecular weight is 213 g/mol. The molecule has 1 aromatic rings. The van der Waals surface area contributed by atoms with E-state index in [1.807, 2.05) is 6.07 Å². The molecule has 0 saturated heterocycles. The number of rotatable bonds is 0. The molecule has 4 nitrogen and oxygen atoms in total. The zero-order valence-electron chi connectivity index (χ0n) is 8.79. The molecule has 80 valence electrons. The molecule has 1 fully saturated rings. The predicted molar refractivity (Wildman–Crippen MR) is 57.7 cm³/mol. The number of nitriles is 1. The van der Waals surface area contributed by atoms with Gasteiger partial charge >= 0.3 is 0 Å². The van der Waals surface area contributed by atoms with Crippen LogP contribution in [0.1, 0.15) is 37.1 Å². The Morgan fingerprint density at radius 1 is 1.38 bits per heavy atom. The Morgan fingerprint density at radius 2 is 2.12 bits per heavy atom. The van der Waals surface area contributed by atoms with Gasteiger partial charge < -0.3 is 5.32 Å². The van der Waals surface area contributed by atoms with E-state index < -0.39 is 5.41 Å². The average Bonchev–Trinajstić information content (AvgIpc) is 2.88. The highest BCUT2D eigenvalue weighted by molar-refractivity contribution is 6.05. The van der Waals surface area contributed by atoms with Gasteiger partial charge in [0.05, 0.1) is 16.8 Å². The molecule has 1 aliphatic heterocycles. The molecule has 0 aromatic carbocycles. The molecule has 16 heavy (non-hydrogen) atoms. The molecule has 1 aliphatic carbocycles. The van der Waals surface area contributed by atoms with Gasteiger partial charge in [0.15, 0.2) is 0 Å². The number of pyridine rings is 1. The van der Waals surface area contributed by atoms with Crippen molar-refractivity contribution in [2.75, 3.05) is 5.32 Å². The first kappa shape index (κ1) is 9.34. The Bertz CT molecular complexity index is 509. The van der Waals surface area contributed by atoms with E-state index in [1.54, 1.807) is 12.1 Å².